The topological polar surface area (TPSA) is 70.1 Å². The fraction of sp³-hybridized carbons (Fsp3) is 0.360. The molecule has 2 aliphatic rings. The van der Waals surface area contributed by atoms with Crippen LogP contribution in [0, 0.1) is 23.7 Å². The zero-order valence-electron chi connectivity index (χ0n) is 19.2. The number of aryl methyl sites for hydroxylation is 1. The lowest BCUT2D eigenvalue weighted by Gasteiger charge is -2.43. The third-order valence-electron chi connectivity index (χ3n) is 6.16. The number of halogens is 3. The maximum absolute atomic E-state index is 13.6. The Morgan fingerprint density at radius 3 is 2.59 bits per heavy atom. The zero-order chi connectivity index (χ0) is 25.0. The first-order valence-corrected chi connectivity index (χ1v) is 12.7. The lowest BCUT2D eigenvalue weighted by molar-refractivity contribution is -0.137. The van der Waals surface area contributed by atoms with Crippen LogP contribution in [-0.2, 0) is 11.0 Å². The molecular weight excluding hydrogens is 479 g/mol. The SMILES string of the molecule is CSc1sc(C)cc1[C@@H]1C(C#N)=C(N)N(c2cccc(C(F)(F)F)c2)C2=C1C(=O)CC(C)(C)C2. The molecule has 1 aromatic carbocycles. The molecule has 0 radical (unpaired) electrons. The van der Waals surface area contributed by atoms with Crippen LogP contribution < -0.4 is 10.6 Å². The van der Waals surface area contributed by atoms with Gasteiger partial charge in [-0.25, -0.2) is 0 Å². The third kappa shape index (κ3) is 4.14. The number of allylic oxidation sites excluding steroid dienone is 3. The van der Waals surface area contributed by atoms with Gasteiger partial charge < -0.3 is 5.73 Å². The van der Waals surface area contributed by atoms with Gasteiger partial charge in [0, 0.05) is 28.3 Å². The molecule has 0 unspecified atom stereocenters. The highest BCUT2D eigenvalue weighted by atomic mass is 32.2. The van der Waals surface area contributed by atoms with E-state index in [9.17, 15) is 23.2 Å². The van der Waals surface area contributed by atoms with Crippen LogP contribution in [0.2, 0.25) is 0 Å². The largest absolute Gasteiger partial charge is 0.416 e. The zero-order valence-corrected chi connectivity index (χ0v) is 20.8. The molecule has 0 fully saturated rings. The van der Waals surface area contributed by atoms with Crippen molar-refractivity contribution >= 4 is 34.6 Å². The van der Waals surface area contributed by atoms with Gasteiger partial charge in [0.15, 0.2) is 5.78 Å². The van der Waals surface area contributed by atoms with Gasteiger partial charge in [0.1, 0.15) is 5.82 Å². The predicted molar refractivity (Wildman–Crippen MR) is 129 cm³/mol. The minimum absolute atomic E-state index is 0.0620. The Balaban J connectivity index is 2.02. The molecule has 1 aliphatic heterocycles. The van der Waals surface area contributed by atoms with Crippen molar-refractivity contribution in [3.8, 4) is 6.07 Å². The van der Waals surface area contributed by atoms with Gasteiger partial charge in [0.2, 0.25) is 0 Å². The minimum atomic E-state index is -4.54. The first-order chi connectivity index (χ1) is 15.9. The molecule has 2 heterocycles. The molecule has 2 N–H and O–H groups in total. The average molecular weight is 504 g/mol. The number of ketones is 1. The summed E-state index contributed by atoms with van der Waals surface area (Å²) in [5.41, 5.74) is 7.55. The molecular formula is C25H24F3N3OS2. The van der Waals surface area contributed by atoms with E-state index in [2.05, 4.69) is 6.07 Å². The molecule has 0 spiro atoms. The van der Waals surface area contributed by atoms with Crippen molar-refractivity contribution in [2.45, 2.75) is 49.9 Å². The maximum atomic E-state index is 13.6. The van der Waals surface area contributed by atoms with Crippen LogP contribution in [0.5, 0.6) is 0 Å². The minimum Gasteiger partial charge on any atom is -0.384 e. The summed E-state index contributed by atoms with van der Waals surface area (Å²) >= 11 is 3.12. The van der Waals surface area contributed by atoms with Gasteiger partial charge in [-0.3, -0.25) is 9.69 Å². The van der Waals surface area contributed by atoms with Gasteiger partial charge in [-0.1, -0.05) is 19.9 Å². The van der Waals surface area contributed by atoms with Gasteiger partial charge in [-0.2, -0.15) is 18.4 Å². The number of nitrogens with two attached hydrogens (primary N) is 1. The number of carbonyl (C=O) groups is 1. The Kier molecular flexibility index (Phi) is 6.11. The summed E-state index contributed by atoms with van der Waals surface area (Å²) in [5.74, 6) is -0.686. The number of thiophene rings is 1. The fourth-order valence-electron chi connectivity index (χ4n) is 4.81. The van der Waals surface area contributed by atoms with Gasteiger partial charge >= 0.3 is 6.18 Å². The number of thioether (sulfide) groups is 1. The smallest absolute Gasteiger partial charge is 0.384 e. The molecule has 0 amide bonds. The van der Waals surface area contributed by atoms with Crippen LogP contribution in [-0.4, -0.2) is 12.0 Å². The molecule has 9 heteroatoms. The monoisotopic (exact) mass is 503 g/mol. The highest BCUT2D eigenvalue weighted by molar-refractivity contribution is 8.00. The standard InChI is InChI=1S/C25H24F3N3OS2/c1-13-8-16(23(33-4)34-13)20-17(12-29)22(30)31(15-7-5-6-14(9-15)25(26,27)28)18-10-24(2,3)11-19(32)21(18)20/h5-9,20H,10-11,30H2,1-4H3/t20-/m1/s1. The molecule has 4 nitrogen and oxygen atoms in total. The molecule has 1 aromatic heterocycles. The van der Waals surface area contributed by atoms with E-state index in [4.69, 9.17) is 5.73 Å². The van der Waals surface area contributed by atoms with Crippen molar-refractivity contribution in [3.63, 3.8) is 0 Å². The Morgan fingerprint density at radius 2 is 1.97 bits per heavy atom. The average Bonchev–Trinajstić information content (AvgIpc) is 3.12. The van der Waals surface area contributed by atoms with Gasteiger partial charge in [0.25, 0.3) is 0 Å². The summed E-state index contributed by atoms with van der Waals surface area (Å²) in [6, 6.07) is 9.00. The number of alkyl halides is 3. The second kappa shape index (κ2) is 8.51. The number of hydrogen-bond donors (Lipinski definition) is 1. The van der Waals surface area contributed by atoms with Crippen LogP contribution >= 0.6 is 23.1 Å². The van der Waals surface area contributed by atoms with Crippen molar-refractivity contribution in [2.24, 2.45) is 11.1 Å². The number of Topliss-reactive ketones (excluding diaryl/α,β-unsaturated/α-hetero) is 1. The Bertz CT molecular complexity index is 1280. The molecule has 1 aliphatic carbocycles. The van der Waals surface area contributed by atoms with E-state index in [0.717, 1.165) is 26.8 Å². The van der Waals surface area contributed by atoms with Gasteiger partial charge in [-0.05, 0) is 54.8 Å². The van der Waals surface area contributed by atoms with Crippen molar-refractivity contribution < 1.29 is 18.0 Å². The summed E-state index contributed by atoms with van der Waals surface area (Å²) < 4.78 is 41.4. The number of nitrogens with zero attached hydrogens (tertiary/aromatic N) is 2. The lowest BCUT2D eigenvalue weighted by Crippen LogP contribution is -2.42. The van der Waals surface area contributed by atoms with Crippen molar-refractivity contribution in [3.05, 3.63) is 69.0 Å². The highest BCUT2D eigenvalue weighted by Gasteiger charge is 2.45. The summed E-state index contributed by atoms with van der Waals surface area (Å²) in [4.78, 5) is 16.1. The van der Waals surface area contributed by atoms with E-state index in [1.165, 1.54) is 28.8 Å². The Hall–Kier alpha value is -2.70. The number of nitriles is 1. The second-order valence-electron chi connectivity index (χ2n) is 9.33. The predicted octanol–water partition coefficient (Wildman–Crippen LogP) is 6.74. The van der Waals surface area contributed by atoms with Crippen LogP contribution in [0.15, 0.2) is 57.2 Å². The fourth-order valence-corrected chi connectivity index (χ4v) is 6.72. The normalized spacial score (nSPS) is 20.5. The van der Waals surface area contributed by atoms with E-state index in [-0.39, 0.29) is 29.3 Å². The molecule has 178 valence electrons. The maximum Gasteiger partial charge on any atom is 0.416 e. The van der Waals surface area contributed by atoms with Crippen molar-refractivity contribution in [1.82, 2.24) is 0 Å². The quantitative estimate of drug-likeness (QED) is 0.470. The van der Waals surface area contributed by atoms with Crippen molar-refractivity contribution in [1.29, 1.82) is 5.26 Å². The molecule has 0 saturated heterocycles. The molecule has 34 heavy (non-hydrogen) atoms. The lowest BCUT2D eigenvalue weighted by atomic mass is 9.69. The summed E-state index contributed by atoms with van der Waals surface area (Å²) in [6.45, 7) is 5.87. The number of benzene rings is 1. The summed E-state index contributed by atoms with van der Waals surface area (Å²) in [7, 11) is 0. The second-order valence-corrected chi connectivity index (χ2v) is 11.7. The number of rotatable bonds is 3. The number of anilines is 1. The summed E-state index contributed by atoms with van der Waals surface area (Å²) in [5, 5.41) is 10.2. The van der Waals surface area contributed by atoms with Crippen LogP contribution in [0.1, 0.15) is 48.6 Å². The van der Waals surface area contributed by atoms with E-state index >= 15 is 0 Å². The first kappa shape index (κ1) is 24.4. The molecule has 0 saturated carbocycles. The Labute approximate surface area is 204 Å². The first-order valence-electron chi connectivity index (χ1n) is 10.7. The van der Waals surface area contributed by atoms with Crippen molar-refractivity contribution in [2.75, 3.05) is 11.2 Å². The molecule has 2 aromatic rings. The summed E-state index contributed by atoms with van der Waals surface area (Å²) in [6.07, 6.45) is -1.87. The van der Waals surface area contributed by atoms with E-state index < -0.39 is 23.1 Å². The van der Waals surface area contributed by atoms with E-state index in [1.807, 2.05) is 33.1 Å². The third-order valence-corrected chi connectivity index (χ3v) is 8.37. The molecule has 1 atom stereocenters. The Morgan fingerprint density at radius 1 is 1.26 bits per heavy atom. The van der Waals surface area contributed by atoms with Gasteiger partial charge in [0.05, 0.1) is 27.3 Å². The molecule has 0 bridgehead atoms. The van der Waals surface area contributed by atoms with Crippen LogP contribution in [0.3, 0.4) is 0 Å². The highest BCUT2D eigenvalue weighted by Crippen LogP contribution is 2.52. The van der Waals surface area contributed by atoms with E-state index in [0.29, 0.717) is 17.7 Å². The van der Waals surface area contributed by atoms with Crippen LogP contribution in [0.4, 0.5) is 18.9 Å². The van der Waals surface area contributed by atoms with Gasteiger partial charge in [-0.15, -0.1) is 23.1 Å². The van der Waals surface area contributed by atoms with E-state index in [1.54, 1.807) is 11.3 Å². The number of carbonyl (C=O) groups excluding carboxylic acids is 1. The van der Waals surface area contributed by atoms with Crippen LogP contribution in [0.25, 0.3) is 0 Å². The molecule has 4 rings (SSSR count). The number of hydrogen-bond acceptors (Lipinski definition) is 6.